The van der Waals surface area contributed by atoms with Gasteiger partial charge in [-0.05, 0) is 22.6 Å². The van der Waals surface area contributed by atoms with E-state index in [2.05, 4.69) is 37.1 Å². The van der Waals surface area contributed by atoms with Crippen LogP contribution in [0.2, 0.25) is 0 Å². The van der Waals surface area contributed by atoms with Crippen molar-refractivity contribution < 1.29 is 0 Å². The van der Waals surface area contributed by atoms with Crippen molar-refractivity contribution in [3.63, 3.8) is 0 Å². The summed E-state index contributed by atoms with van der Waals surface area (Å²) < 4.78 is 0. The van der Waals surface area contributed by atoms with E-state index in [4.69, 9.17) is 5.73 Å². The normalized spacial score (nSPS) is 13.0. The molecule has 0 aliphatic rings. The summed E-state index contributed by atoms with van der Waals surface area (Å²) in [7, 11) is 0. The summed E-state index contributed by atoms with van der Waals surface area (Å²) in [6.07, 6.45) is 1.93. The molecule has 0 saturated carbocycles. The highest BCUT2D eigenvalue weighted by atomic mass is 15.0. The lowest BCUT2D eigenvalue weighted by atomic mass is 9.88. The summed E-state index contributed by atoms with van der Waals surface area (Å²) in [5.41, 5.74) is 8.65. The third kappa shape index (κ3) is 3.81. The van der Waals surface area contributed by atoms with E-state index >= 15 is 0 Å². The van der Waals surface area contributed by atoms with Crippen LogP contribution in [0.3, 0.4) is 0 Å². The minimum atomic E-state index is -0.0275. The number of hydrogen-bond donors (Lipinski definition) is 2. The molecular formula is C17H23N3. The van der Waals surface area contributed by atoms with Crippen LogP contribution in [0.25, 0.3) is 0 Å². The summed E-state index contributed by atoms with van der Waals surface area (Å²) in [5, 5.41) is 3.29. The second kappa shape index (κ2) is 6.06. The molecule has 0 amide bonds. The molecule has 1 unspecified atom stereocenters. The number of anilines is 1. The van der Waals surface area contributed by atoms with E-state index in [1.807, 2.05) is 42.6 Å². The highest BCUT2D eigenvalue weighted by molar-refractivity contribution is 5.37. The summed E-state index contributed by atoms with van der Waals surface area (Å²) in [6.45, 7) is 7.22. The van der Waals surface area contributed by atoms with Crippen LogP contribution in [0, 0.1) is 0 Å². The van der Waals surface area contributed by atoms with Crippen LogP contribution < -0.4 is 11.1 Å². The topological polar surface area (TPSA) is 50.9 Å². The molecule has 2 aromatic rings. The molecule has 0 saturated heterocycles. The summed E-state index contributed by atoms with van der Waals surface area (Å²) >= 11 is 0. The zero-order chi connectivity index (χ0) is 14.6. The fourth-order valence-electron chi connectivity index (χ4n) is 1.97. The van der Waals surface area contributed by atoms with Crippen LogP contribution in [-0.2, 0) is 5.41 Å². The average Bonchev–Trinajstić information content (AvgIpc) is 2.45. The van der Waals surface area contributed by atoms with Gasteiger partial charge < -0.3 is 11.1 Å². The highest BCUT2D eigenvalue weighted by Crippen LogP contribution is 2.22. The second-order valence-corrected chi connectivity index (χ2v) is 6.08. The van der Waals surface area contributed by atoms with Crippen molar-refractivity contribution in [1.82, 2.24) is 4.98 Å². The monoisotopic (exact) mass is 269 g/mol. The predicted octanol–water partition coefficient (Wildman–Crippen LogP) is 3.49. The SMILES string of the molecule is CC(C)(C)c1ccc(NCC(N)c2ccccc2)nc1. The Morgan fingerprint density at radius 3 is 2.35 bits per heavy atom. The van der Waals surface area contributed by atoms with Crippen molar-refractivity contribution in [3.05, 3.63) is 59.8 Å². The van der Waals surface area contributed by atoms with Crippen LogP contribution in [0.15, 0.2) is 48.7 Å². The van der Waals surface area contributed by atoms with Gasteiger partial charge in [-0.15, -0.1) is 0 Å². The molecule has 0 bridgehead atoms. The van der Waals surface area contributed by atoms with E-state index < -0.39 is 0 Å². The van der Waals surface area contributed by atoms with Crippen molar-refractivity contribution in [2.45, 2.75) is 32.2 Å². The number of rotatable bonds is 4. The molecule has 20 heavy (non-hydrogen) atoms. The van der Waals surface area contributed by atoms with Gasteiger partial charge in [0.25, 0.3) is 0 Å². The molecular weight excluding hydrogens is 246 g/mol. The number of hydrogen-bond acceptors (Lipinski definition) is 3. The molecule has 1 heterocycles. The molecule has 0 radical (unpaired) electrons. The first-order valence-corrected chi connectivity index (χ1v) is 6.98. The van der Waals surface area contributed by atoms with E-state index in [0.29, 0.717) is 6.54 Å². The fraction of sp³-hybridized carbons (Fsp3) is 0.353. The Balaban J connectivity index is 1.94. The lowest BCUT2D eigenvalue weighted by Crippen LogP contribution is -2.21. The Morgan fingerprint density at radius 1 is 1.10 bits per heavy atom. The van der Waals surface area contributed by atoms with Crippen LogP contribution >= 0.6 is 0 Å². The van der Waals surface area contributed by atoms with Gasteiger partial charge in [0, 0.05) is 18.8 Å². The number of benzene rings is 1. The molecule has 0 aliphatic heterocycles. The Labute approximate surface area is 121 Å². The Bertz CT molecular complexity index is 526. The molecule has 1 atom stereocenters. The Kier molecular flexibility index (Phi) is 4.40. The number of nitrogens with zero attached hydrogens (tertiary/aromatic N) is 1. The first-order chi connectivity index (χ1) is 9.47. The number of nitrogens with one attached hydrogen (secondary N) is 1. The summed E-state index contributed by atoms with van der Waals surface area (Å²) in [6, 6.07) is 14.2. The van der Waals surface area contributed by atoms with Gasteiger partial charge in [-0.1, -0.05) is 57.2 Å². The van der Waals surface area contributed by atoms with Gasteiger partial charge >= 0.3 is 0 Å². The van der Waals surface area contributed by atoms with E-state index in [1.165, 1.54) is 5.56 Å². The summed E-state index contributed by atoms with van der Waals surface area (Å²) in [5.74, 6) is 0.865. The molecule has 0 fully saturated rings. The minimum absolute atomic E-state index is 0.0275. The van der Waals surface area contributed by atoms with Gasteiger partial charge in [0.15, 0.2) is 0 Å². The van der Waals surface area contributed by atoms with Gasteiger partial charge in [-0.3, -0.25) is 0 Å². The maximum Gasteiger partial charge on any atom is 0.125 e. The second-order valence-electron chi connectivity index (χ2n) is 6.08. The molecule has 3 nitrogen and oxygen atoms in total. The van der Waals surface area contributed by atoms with Crippen molar-refractivity contribution >= 4 is 5.82 Å². The standard InChI is InChI=1S/C17H23N3/c1-17(2,3)14-9-10-16(19-11-14)20-12-15(18)13-7-5-4-6-8-13/h4-11,15H,12,18H2,1-3H3,(H,19,20). The largest absolute Gasteiger partial charge is 0.368 e. The third-order valence-corrected chi connectivity index (χ3v) is 3.36. The zero-order valence-corrected chi connectivity index (χ0v) is 12.4. The molecule has 0 spiro atoms. The lowest BCUT2D eigenvalue weighted by molar-refractivity contribution is 0.587. The number of nitrogens with two attached hydrogens (primary N) is 1. The maximum absolute atomic E-state index is 6.15. The van der Waals surface area contributed by atoms with Crippen LogP contribution in [0.1, 0.15) is 37.9 Å². The Morgan fingerprint density at radius 2 is 1.80 bits per heavy atom. The third-order valence-electron chi connectivity index (χ3n) is 3.36. The molecule has 2 rings (SSSR count). The van der Waals surface area contributed by atoms with Crippen molar-refractivity contribution in [2.24, 2.45) is 5.73 Å². The van der Waals surface area contributed by atoms with Crippen molar-refractivity contribution in [2.75, 3.05) is 11.9 Å². The van der Waals surface area contributed by atoms with Crippen molar-refractivity contribution in [3.8, 4) is 0 Å². The number of aromatic nitrogens is 1. The van der Waals surface area contributed by atoms with Gasteiger partial charge in [-0.25, -0.2) is 4.98 Å². The first kappa shape index (κ1) is 14.5. The molecule has 1 aromatic carbocycles. The van der Waals surface area contributed by atoms with Gasteiger partial charge in [0.05, 0.1) is 0 Å². The van der Waals surface area contributed by atoms with Gasteiger partial charge in [0.2, 0.25) is 0 Å². The Hall–Kier alpha value is -1.87. The molecule has 106 valence electrons. The quantitative estimate of drug-likeness (QED) is 0.893. The molecule has 1 aromatic heterocycles. The highest BCUT2D eigenvalue weighted by Gasteiger charge is 2.13. The van der Waals surface area contributed by atoms with E-state index in [1.54, 1.807) is 0 Å². The predicted molar refractivity (Wildman–Crippen MR) is 84.8 cm³/mol. The van der Waals surface area contributed by atoms with E-state index in [0.717, 1.165) is 11.4 Å². The lowest BCUT2D eigenvalue weighted by Gasteiger charge is -2.19. The van der Waals surface area contributed by atoms with Gasteiger partial charge in [-0.2, -0.15) is 0 Å². The van der Waals surface area contributed by atoms with Gasteiger partial charge in [0.1, 0.15) is 5.82 Å². The summed E-state index contributed by atoms with van der Waals surface area (Å²) in [4.78, 5) is 4.44. The van der Waals surface area contributed by atoms with Crippen LogP contribution in [0.4, 0.5) is 5.82 Å². The van der Waals surface area contributed by atoms with Crippen LogP contribution in [0.5, 0.6) is 0 Å². The fourth-order valence-corrected chi connectivity index (χ4v) is 1.97. The van der Waals surface area contributed by atoms with E-state index in [9.17, 15) is 0 Å². The molecule has 3 heteroatoms. The molecule has 0 aliphatic carbocycles. The van der Waals surface area contributed by atoms with Crippen molar-refractivity contribution in [1.29, 1.82) is 0 Å². The number of pyridine rings is 1. The zero-order valence-electron chi connectivity index (χ0n) is 12.4. The smallest absolute Gasteiger partial charge is 0.125 e. The maximum atomic E-state index is 6.15. The minimum Gasteiger partial charge on any atom is -0.368 e. The van der Waals surface area contributed by atoms with E-state index in [-0.39, 0.29) is 11.5 Å². The average molecular weight is 269 g/mol. The van der Waals surface area contributed by atoms with Crippen LogP contribution in [-0.4, -0.2) is 11.5 Å². The molecule has 3 N–H and O–H groups in total. The first-order valence-electron chi connectivity index (χ1n) is 6.98.